The molecule has 2 aliphatic heterocycles. The van der Waals surface area contributed by atoms with Gasteiger partial charge in [-0.2, -0.15) is 5.01 Å². The average Bonchev–Trinajstić information content (AvgIpc) is 2.96. The molecule has 0 atom stereocenters. The Hall–Kier alpha value is -2.68. The molecule has 3 heterocycles. The highest BCUT2D eigenvalue weighted by Gasteiger charge is 2.52. The second-order valence-corrected chi connectivity index (χ2v) is 8.32. The summed E-state index contributed by atoms with van der Waals surface area (Å²) < 4.78 is 0. The second-order valence-electron chi connectivity index (χ2n) is 8.32. The molecule has 0 bridgehead atoms. The van der Waals surface area contributed by atoms with Crippen molar-refractivity contribution in [1.82, 2.24) is 25.6 Å². The SMILES string of the molecule is CC1CCC2(CC1)NC(=O)N(NC(=O)CN1CCN(c3ccccn3)CC1)C2=O. The lowest BCUT2D eigenvalue weighted by Gasteiger charge is -2.35. The second kappa shape index (κ2) is 7.98. The number of carbonyl (C=O) groups is 3. The van der Waals surface area contributed by atoms with Gasteiger partial charge in [-0.3, -0.25) is 19.9 Å². The van der Waals surface area contributed by atoms with Crippen molar-refractivity contribution in [3.8, 4) is 0 Å². The van der Waals surface area contributed by atoms with Crippen LogP contribution in [0.25, 0.3) is 0 Å². The third-order valence-electron chi connectivity index (χ3n) is 6.24. The maximum atomic E-state index is 12.8. The Labute approximate surface area is 170 Å². The van der Waals surface area contributed by atoms with E-state index in [0.29, 0.717) is 31.8 Å². The van der Waals surface area contributed by atoms with E-state index in [1.807, 2.05) is 23.1 Å². The first kappa shape index (κ1) is 19.6. The minimum Gasteiger partial charge on any atom is -0.354 e. The number of imide groups is 1. The standard InChI is InChI=1S/C20H28N6O3/c1-15-5-7-20(8-6-15)18(28)26(19(29)22-20)23-17(27)14-24-10-12-25(13-11-24)16-4-2-3-9-21-16/h2-4,9,15H,5-8,10-14H2,1H3,(H,22,29)(H,23,27). The van der Waals surface area contributed by atoms with Crippen LogP contribution in [-0.4, -0.2) is 71.0 Å². The Morgan fingerprint density at radius 3 is 2.59 bits per heavy atom. The van der Waals surface area contributed by atoms with Crippen LogP contribution in [0.15, 0.2) is 24.4 Å². The van der Waals surface area contributed by atoms with Gasteiger partial charge in [0.25, 0.3) is 11.8 Å². The van der Waals surface area contributed by atoms with E-state index in [9.17, 15) is 14.4 Å². The molecule has 156 valence electrons. The Balaban J connectivity index is 1.28. The van der Waals surface area contributed by atoms with Crippen molar-refractivity contribution < 1.29 is 14.4 Å². The predicted molar refractivity (Wildman–Crippen MR) is 107 cm³/mol. The number of piperazine rings is 1. The fraction of sp³-hybridized carbons (Fsp3) is 0.600. The molecule has 0 radical (unpaired) electrons. The van der Waals surface area contributed by atoms with E-state index in [1.54, 1.807) is 6.20 Å². The summed E-state index contributed by atoms with van der Waals surface area (Å²) in [6.45, 7) is 5.28. The summed E-state index contributed by atoms with van der Waals surface area (Å²) in [6, 6.07) is 5.29. The lowest BCUT2D eigenvalue weighted by molar-refractivity contribution is -0.140. The maximum Gasteiger partial charge on any atom is 0.344 e. The van der Waals surface area contributed by atoms with E-state index < -0.39 is 11.6 Å². The summed E-state index contributed by atoms with van der Waals surface area (Å²) in [5, 5.41) is 3.70. The number of nitrogens with zero attached hydrogens (tertiary/aromatic N) is 4. The number of hydrazine groups is 1. The quantitative estimate of drug-likeness (QED) is 0.724. The third-order valence-corrected chi connectivity index (χ3v) is 6.24. The van der Waals surface area contributed by atoms with Crippen LogP contribution in [0.1, 0.15) is 32.6 Å². The van der Waals surface area contributed by atoms with Gasteiger partial charge in [0.2, 0.25) is 0 Å². The van der Waals surface area contributed by atoms with Crippen LogP contribution < -0.4 is 15.6 Å². The van der Waals surface area contributed by atoms with E-state index in [1.165, 1.54) is 0 Å². The summed E-state index contributed by atoms with van der Waals surface area (Å²) in [7, 11) is 0. The van der Waals surface area contributed by atoms with Crippen molar-refractivity contribution in [1.29, 1.82) is 0 Å². The molecular weight excluding hydrogens is 372 g/mol. The smallest absolute Gasteiger partial charge is 0.344 e. The Kier molecular flexibility index (Phi) is 5.40. The molecule has 1 spiro atoms. The van der Waals surface area contributed by atoms with E-state index >= 15 is 0 Å². The molecule has 4 rings (SSSR count). The van der Waals surface area contributed by atoms with Gasteiger partial charge in [0.1, 0.15) is 11.4 Å². The molecule has 3 fully saturated rings. The highest BCUT2D eigenvalue weighted by molar-refractivity contribution is 6.08. The molecule has 1 saturated carbocycles. The van der Waals surface area contributed by atoms with Gasteiger partial charge >= 0.3 is 6.03 Å². The number of hydrogen-bond donors (Lipinski definition) is 2. The number of nitrogens with one attached hydrogen (secondary N) is 2. The molecule has 1 aromatic rings. The molecular formula is C20H28N6O3. The number of amides is 4. The number of pyridine rings is 1. The molecule has 1 aliphatic carbocycles. The van der Waals surface area contributed by atoms with Gasteiger partial charge in [-0.15, -0.1) is 0 Å². The Morgan fingerprint density at radius 1 is 1.21 bits per heavy atom. The van der Waals surface area contributed by atoms with E-state index in [0.717, 1.165) is 36.8 Å². The third kappa shape index (κ3) is 4.05. The molecule has 3 aliphatic rings. The van der Waals surface area contributed by atoms with Crippen molar-refractivity contribution in [3.05, 3.63) is 24.4 Å². The lowest BCUT2D eigenvalue weighted by atomic mass is 9.77. The topological polar surface area (TPSA) is 97.9 Å². The van der Waals surface area contributed by atoms with Gasteiger partial charge in [0.05, 0.1) is 6.54 Å². The summed E-state index contributed by atoms with van der Waals surface area (Å²) in [4.78, 5) is 46.2. The van der Waals surface area contributed by atoms with Gasteiger partial charge in [0.15, 0.2) is 0 Å². The van der Waals surface area contributed by atoms with Crippen LogP contribution in [0.4, 0.5) is 10.6 Å². The van der Waals surface area contributed by atoms with Crippen LogP contribution >= 0.6 is 0 Å². The van der Waals surface area contributed by atoms with Gasteiger partial charge in [-0.1, -0.05) is 13.0 Å². The van der Waals surface area contributed by atoms with Gasteiger partial charge < -0.3 is 10.2 Å². The van der Waals surface area contributed by atoms with Crippen LogP contribution in [0.3, 0.4) is 0 Å². The zero-order chi connectivity index (χ0) is 20.4. The first-order valence-corrected chi connectivity index (χ1v) is 10.3. The zero-order valence-electron chi connectivity index (χ0n) is 16.8. The van der Waals surface area contributed by atoms with Crippen molar-refractivity contribution in [2.24, 2.45) is 5.92 Å². The number of anilines is 1. The first-order chi connectivity index (χ1) is 14.0. The number of rotatable bonds is 4. The van der Waals surface area contributed by atoms with Crippen LogP contribution in [-0.2, 0) is 9.59 Å². The maximum absolute atomic E-state index is 12.8. The van der Waals surface area contributed by atoms with Gasteiger partial charge in [0, 0.05) is 32.4 Å². The van der Waals surface area contributed by atoms with Crippen molar-refractivity contribution in [2.45, 2.75) is 38.1 Å². The minimum atomic E-state index is -0.842. The molecule has 9 heteroatoms. The minimum absolute atomic E-state index is 0.150. The summed E-state index contributed by atoms with van der Waals surface area (Å²) >= 11 is 0. The monoisotopic (exact) mass is 400 g/mol. The Morgan fingerprint density at radius 2 is 1.93 bits per heavy atom. The number of urea groups is 1. The summed E-state index contributed by atoms with van der Waals surface area (Å²) in [5.41, 5.74) is 1.67. The molecule has 0 aromatic carbocycles. The molecule has 9 nitrogen and oxygen atoms in total. The highest BCUT2D eigenvalue weighted by Crippen LogP contribution is 2.35. The van der Waals surface area contributed by atoms with Crippen molar-refractivity contribution in [3.63, 3.8) is 0 Å². The van der Waals surface area contributed by atoms with E-state index in [-0.39, 0.29) is 18.4 Å². The van der Waals surface area contributed by atoms with Crippen LogP contribution in [0.5, 0.6) is 0 Å². The van der Waals surface area contributed by atoms with Crippen molar-refractivity contribution in [2.75, 3.05) is 37.6 Å². The van der Waals surface area contributed by atoms with E-state index in [4.69, 9.17) is 0 Å². The zero-order valence-corrected chi connectivity index (χ0v) is 16.8. The largest absolute Gasteiger partial charge is 0.354 e. The predicted octanol–water partition coefficient (Wildman–Crippen LogP) is 0.736. The van der Waals surface area contributed by atoms with Crippen LogP contribution in [0.2, 0.25) is 0 Å². The van der Waals surface area contributed by atoms with E-state index in [2.05, 4.69) is 27.6 Å². The van der Waals surface area contributed by atoms with Gasteiger partial charge in [-0.25, -0.2) is 9.78 Å². The van der Waals surface area contributed by atoms with Crippen LogP contribution in [0, 0.1) is 5.92 Å². The average molecular weight is 400 g/mol. The molecule has 0 unspecified atom stereocenters. The summed E-state index contributed by atoms with van der Waals surface area (Å²) in [6.07, 6.45) is 4.82. The summed E-state index contributed by atoms with van der Waals surface area (Å²) in [5.74, 6) is 0.811. The van der Waals surface area contributed by atoms with Crippen molar-refractivity contribution >= 4 is 23.7 Å². The highest BCUT2D eigenvalue weighted by atomic mass is 16.2. The molecule has 2 saturated heterocycles. The Bertz CT molecular complexity index is 770. The molecule has 1 aromatic heterocycles. The molecule has 2 N–H and O–H groups in total. The number of carbonyl (C=O) groups excluding carboxylic acids is 3. The fourth-order valence-electron chi connectivity index (χ4n) is 4.35. The number of aromatic nitrogens is 1. The lowest BCUT2D eigenvalue weighted by Crippen LogP contribution is -2.54. The van der Waals surface area contributed by atoms with Gasteiger partial charge in [-0.05, 0) is 43.7 Å². The normalized spacial score (nSPS) is 28.0. The fourth-order valence-corrected chi connectivity index (χ4v) is 4.35. The first-order valence-electron chi connectivity index (χ1n) is 10.3. The molecule has 29 heavy (non-hydrogen) atoms. The molecule has 4 amide bonds. The number of hydrogen-bond acceptors (Lipinski definition) is 6.